The van der Waals surface area contributed by atoms with Crippen LogP contribution in [0.25, 0.3) is 0 Å². The van der Waals surface area contributed by atoms with Crippen LogP contribution in [0.5, 0.6) is 0 Å². The summed E-state index contributed by atoms with van der Waals surface area (Å²) < 4.78 is 37.4. The van der Waals surface area contributed by atoms with E-state index in [-0.39, 0.29) is 23.3 Å². The maximum absolute atomic E-state index is 13.0. The van der Waals surface area contributed by atoms with E-state index in [4.69, 9.17) is 9.47 Å². The number of methoxy groups -OCH3 is 2. The largest absolute Gasteiger partial charge is 0.355 e. The molecule has 3 rings (SSSR count). The molecule has 1 aromatic carbocycles. The molecule has 0 bridgehead atoms. The summed E-state index contributed by atoms with van der Waals surface area (Å²) in [5.74, 6) is -0.254. The van der Waals surface area contributed by atoms with Gasteiger partial charge in [0.2, 0.25) is 15.9 Å². The Hall–Kier alpha value is -1.48. The minimum absolute atomic E-state index is 0.0534. The molecule has 0 saturated heterocycles. The number of carbonyl (C=O) groups excluding carboxylic acids is 1. The lowest BCUT2D eigenvalue weighted by molar-refractivity contribution is -0.119. The summed E-state index contributed by atoms with van der Waals surface area (Å²) in [6.07, 6.45) is 0.994. The van der Waals surface area contributed by atoms with Crippen LogP contribution in [0.15, 0.2) is 17.0 Å². The Morgan fingerprint density at radius 2 is 2.00 bits per heavy atom. The highest BCUT2D eigenvalue weighted by Gasteiger charge is 2.39. The van der Waals surface area contributed by atoms with E-state index in [2.05, 4.69) is 0 Å². The van der Waals surface area contributed by atoms with Crippen molar-refractivity contribution in [3.05, 3.63) is 23.3 Å². The van der Waals surface area contributed by atoms with Crippen molar-refractivity contribution in [1.82, 2.24) is 4.31 Å². The van der Waals surface area contributed by atoms with Crippen LogP contribution in [0, 0.1) is 0 Å². The number of amides is 1. The SMILES string of the molecule is COC(CN(C)S(=O)(=O)c1cc2c3c(c1)[C@H](C)C(=O)N3CCC2)OC. The maximum atomic E-state index is 13.0. The summed E-state index contributed by atoms with van der Waals surface area (Å²) in [6, 6.07) is 3.35. The van der Waals surface area contributed by atoms with Crippen LogP contribution in [-0.4, -0.2) is 59.3 Å². The topological polar surface area (TPSA) is 76.2 Å². The summed E-state index contributed by atoms with van der Waals surface area (Å²) in [5, 5.41) is 0. The molecule has 0 aromatic heterocycles. The van der Waals surface area contributed by atoms with Crippen molar-refractivity contribution in [3.8, 4) is 0 Å². The summed E-state index contributed by atoms with van der Waals surface area (Å²) in [7, 11) is 0.737. The van der Waals surface area contributed by atoms with Crippen molar-refractivity contribution in [2.45, 2.75) is 36.9 Å². The van der Waals surface area contributed by atoms with E-state index in [9.17, 15) is 13.2 Å². The van der Waals surface area contributed by atoms with Crippen LogP contribution >= 0.6 is 0 Å². The molecular weight excluding hydrogens is 344 g/mol. The zero-order chi connectivity index (χ0) is 18.4. The first-order valence-corrected chi connectivity index (χ1v) is 9.75. The fourth-order valence-corrected chi connectivity index (χ4v) is 4.79. The molecule has 138 valence electrons. The van der Waals surface area contributed by atoms with Gasteiger partial charge in [0.1, 0.15) is 0 Å². The number of aryl methyl sites for hydroxylation is 1. The van der Waals surface area contributed by atoms with Gasteiger partial charge < -0.3 is 14.4 Å². The van der Waals surface area contributed by atoms with Gasteiger partial charge in [-0.25, -0.2) is 8.42 Å². The van der Waals surface area contributed by atoms with E-state index in [0.29, 0.717) is 6.54 Å². The van der Waals surface area contributed by atoms with E-state index in [1.165, 1.54) is 25.6 Å². The predicted molar refractivity (Wildman–Crippen MR) is 93.2 cm³/mol. The zero-order valence-electron chi connectivity index (χ0n) is 15.0. The van der Waals surface area contributed by atoms with Gasteiger partial charge in [-0.05, 0) is 43.0 Å². The lowest BCUT2D eigenvalue weighted by Gasteiger charge is -2.27. The molecule has 0 unspecified atom stereocenters. The van der Waals surface area contributed by atoms with E-state index >= 15 is 0 Å². The fraction of sp³-hybridized carbons (Fsp3) is 0.588. The standard InChI is InChI=1S/C17H24N2O5S/c1-11-14-9-13(25(21,22)18(2)10-15(23-3)24-4)8-12-6-5-7-19(16(12)14)17(11)20/h8-9,11,15H,5-7,10H2,1-4H3/t11-/m0/s1. The van der Waals surface area contributed by atoms with Gasteiger partial charge in [0.15, 0.2) is 6.29 Å². The van der Waals surface area contributed by atoms with E-state index in [1.54, 1.807) is 17.0 Å². The first kappa shape index (κ1) is 18.3. The summed E-state index contributed by atoms with van der Waals surface area (Å²) in [6.45, 7) is 2.63. The van der Waals surface area contributed by atoms with Crippen molar-refractivity contribution >= 4 is 21.6 Å². The number of rotatable bonds is 6. The molecule has 0 saturated carbocycles. The van der Waals surface area contributed by atoms with Crippen LogP contribution < -0.4 is 4.90 Å². The van der Waals surface area contributed by atoms with Crippen molar-refractivity contribution < 1.29 is 22.7 Å². The minimum Gasteiger partial charge on any atom is -0.355 e. The third kappa shape index (κ3) is 2.97. The third-order valence-electron chi connectivity index (χ3n) is 5.03. The number of anilines is 1. The summed E-state index contributed by atoms with van der Waals surface area (Å²) in [4.78, 5) is 14.4. The number of likely N-dealkylation sites (N-methyl/N-ethyl adjacent to an activating group) is 1. The second-order valence-electron chi connectivity index (χ2n) is 6.52. The van der Waals surface area contributed by atoms with Gasteiger partial charge in [-0.2, -0.15) is 4.31 Å². The van der Waals surface area contributed by atoms with Crippen molar-refractivity contribution in [1.29, 1.82) is 0 Å². The molecule has 0 aliphatic carbocycles. The van der Waals surface area contributed by atoms with E-state index in [1.807, 2.05) is 6.92 Å². The lowest BCUT2D eigenvalue weighted by atomic mass is 9.97. The number of hydrogen-bond acceptors (Lipinski definition) is 5. The van der Waals surface area contributed by atoms with Gasteiger partial charge in [0, 0.05) is 27.8 Å². The molecule has 1 atom stereocenters. The smallest absolute Gasteiger partial charge is 0.243 e. The molecule has 0 radical (unpaired) electrons. The van der Waals surface area contributed by atoms with Crippen LogP contribution in [-0.2, 0) is 30.7 Å². The van der Waals surface area contributed by atoms with Gasteiger partial charge in [-0.3, -0.25) is 4.79 Å². The van der Waals surface area contributed by atoms with Gasteiger partial charge in [-0.1, -0.05) is 0 Å². The second-order valence-corrected chi connectivity index (χ2v) is 8.57. The molecule has 0 N–H and O–H groups in total. The highest BCUT2D eigenvalue weighted by molar-refractivity contribution is 7.89. The molecule has 7 nitrogen and oxygen atoms in total. The Kier molecular flexibility index (Phi) is 4.89. The molecular formula is C17H24N2O5S. The monoisotopic (exact) mass is 368 g/mol. The quantitative estimate of drug-likeness (QED) is 0.708. The molecule has 2 aliphatic rings. The Balaban J connectivity index is 2.00. The van der Waals surface area contributed by atoms with Gasteiger partial charge >= 0.3 is 0 Å². The molecule has 0 spiro atoms. The number of hydrogen-bond donors (Lipinski definition) is 0. The van der Waals surface area contributed by atoms with Crippen LogP contribution in [0.4, 0.5) is 5.69 Å². The van der Waals surface area contributed by atoms with Crippen LogP contribution in [0.2, 0.25) is 0 Å². The van der Waals surface area contributed by atoms with E-state index < -0.39 is 16.3 Å². The highest BCUT2D eigenvalue weighted by Crippen LogP contribution is 2.44. The van der Waals surface area contributed by atoms with E-state index in [0.717, 1.165) is 29.7 Å². The average Bonchev–Trinajstić information content (AvgIpc) is 2.86. The van der Waals surface area contributed by atoms with Gasteiger partial charge in [-0.15, -0.1) is 0 Å². The Morgan fingerprint density at radius 3 is 2.64 bits per heavy atom. The molecule has 1 aromatic rings. The van der Waals surface area contributed by atoms with Crippen LogP contribution in [0.1, 0.15) is 30.4 Å². The Labute approximate surface area is 148 Å². The van der Waals surface area contributed by atoms with Crippen LogP contribution in [0.3, 0.4) is 0 Å². The molecule has 2 aliphatic heterocycles. The molecule has 25 heavy (non-hydrogen) atoms. The lowest BCUT2D eigenvalue weighted by Crippen LogP contribution is -2.36. The Morgan fingerprint density at radius 1 is 1.32 bits per heavy atom. The first-order valence-electron chi connectivity index (χ1n) is 8.31. The summed E-state index contributed by atoms with van der Waals surface area (Å²) in [5.41, 5.74) is 2.66. The molecule has 0 fully saturated rings. The third-order valence-corrected chi connectivity index (χ3v) is 6.83. The van der Waals surface area contributed by atoms with Crippen molar-refractivity contribution in [3.63, 3.8) is 0 Å². The Bertz CT molecular complexity index is 788. The highest BCUT2D eigenvalue weighted by atomic mass is 32.2. The number of carbonyl (C=O) groups is 1. The fourth-order valence-electron chi connectivity index (χ4n) is 3.55. The van der Waals surface area contributed by atoms with Crippen molar-refractivity contribution in [2.24, 2.45) is 0 Å². The zero-order valence-corrected chi connectivity index (χ0v) is 15.8. The van der Waals surface area contributed by atoms with Crippen molar-refractivity contribution in [2.75, 3.05) is 39.3 Å². The molecule has 2 heterocycles. The molecule has 1 amide bonds. The normalized spacial score (nSPS) is 19.8. The predicted octanol–water partition coefficient (Wildman–Crippen LogP) is 1.32. The second kappa shape index (κ2) is 6.68. The average molecular weight is 368 g/mol. The maximum Gasteiger partial charge on any atom is 0.243 e. The number of sulfonamides is 1. The first-order chi connectivity index (χ1) is 11.8. The summed E-state index contributed by atoms with van der Waals surface area (Å²) >= 11 is 0. The van der Waals surface area contributed by atoms with Gasteiger partial charge in [0.05, 0.1) is 23.0 Å². The molecule has 8 heteroatoms. The van der Waals surface area contributed by atoms with Gasteiger partial charge in [0.25, 0.3) is 0 Å². The number of benzene rings is 1. The minimum atomic E-state index is -3.70. The number of nitrogens with zero attached hydrogens (tertiary/aromatic N) is 2. The number of ether oxygens (including phenoxy) is 2.